The average Bonchev–Trinajstić information content (AvgIpc) is 2.91. The summed E-state index contributed by atoms with van der Waals surface area (Å²) in [6.07, 6.45) is 1.60. The molecule has 2 aromatic rings. The highest BCUT2D eigenvalue weighted by molar-refractivity contribution is 7.78. The number of benzene rings is 2. The molecule has 0 amide bonds. The first kappa shape index (κ1) is 17.3. The molecule has 0 aliphatic carbocycles. The van der Waals surface area contributed by atoms with Crippen LogP contribution >= 0.6 is 0 Å². The molecular formula is C19H14FO4S-. The highest BCUT2D eigenvalue weighted by Gasteiger charge is 2.32. The van der Waals surface area contributed by atoms with Crippen LogP contribution < -0.4 is 0 Å². The molecular weight excluding hydrogens is 343 g/mol. The third-order valence-corrected chi connectivity index (χ3v) is 4.38. The van der Waals surface area contributed by atoms with Crippen LogP contribution in [0.15, 0.2) is 60.4 Å². The van der Waals surface area contributed by atoms with Crippen LogP contribution in [0, 0.1) is 5.82 Å². The fourth-order valence-corrected chi connectivity index (χ4v) is 3.20. The molecule has 0 saturated carbocycles. The fraction of sp³-hybridized carbons (Fsp3) is 0.105. The summed E-state index contributed by atoms with van der Waals surface area (Å²) in [5.41, 5.74) is 1.81. The van der Waals surface area contributed by atoms with Crippen molar-refractivity contribution in [2.45, 2.75) is 12.7 Å². The van der Waals surface area contributed by atoms with Crippen LogP contribution in [0.4, 0.5) is 4.39 Å². The molecule has 0 fully saturated rings. The number of allylic oxidation sites excluding steroid dienone is 2. The number of hydrogen-bond donors (Lipinski definition) is 0. The molecule has 2 aromatic carbocycles. The van der Waals surface area contributed by atoms with Gasteiger partial charge in [0.2, 0.25) is 0 Å². The molecule has 1 atom stereocenters. The van der Waals surface area contributed by atoms with Gasteiger partial charge in [-0.2, -0.15) is 0 Å². The Bertz CT molecular complexity index is 916. The van der Waals surface area contributed by atoms with Gasteiger partial charge in [-0.05, 0) is 30.2 Å². The van der Waals surface area contributed by atoms with E-state index in [9.17, 15) is 17.9 Å². The maximum Gasteiger partial charge on any atom is 0.344 e. The Labute approximate surface area is 146 Å². The molecule has 3 rings (SSSR count). The highest BCUT2D eigenvalue weighted by Crippen LogP contribution is 2.40. The zero-order valence-corrected chi connectivity index (χ0v) is 14.1. The third-order valence-electron chi connectivity index (χ3n) is 3.82. The molecule has 4 nitrogen and oxygen atoms in total. The van der Waals surface area contributed by atoms with Gasteiger partial charge in [-0.1, -0.05) is 53.5 Å². The van der Waals surface area contributed by atoms with Gasteiger partial charge in [0.15, 0.2) is 0 Å². The minimum atomic E-state index is -2.30. The van der Waals surface area contributed by atoms with Crippen LogP contribution in [-0.4, -0.2) is 14.7 Å². The van der Waals surface area contributed by atoms with Crippen molar-refractivity contribution in [1.82, 2.24) is 0 Å². The molecule has 128 valence electrons. The summed E-state index contributed by atoms with van der Waals surface area (Å²) >= 11 is -2.30. The zero-order chi connectivity index (χ0) is 18.0. The summed E-state index contributed by atoms with van der Waals surface area (Å²) in [5.74, 6) is -1.14. The van der Waals surface area contributed by atoms with E-state index in [1.54, 1.807) is 37.3 Å². The fourth-order valence-electron chi connectivity index (χ4n) is 2.75. The normalized spacial score (nSPS) is 17.1. The van der Waals surface area contributed by atoms with Crippen LogP contribution in [0.5, 0.6) is 0 Å². The molecule has 25 heavy (non-hydrogen) atoms. The second-order valence-electron chi connectivity index (χ2n) is 5.42. The third kappa shape index (κ3) is 3.45. The summed E-state index contributed by atoms with van der Waals surface area (Å²) in [5, 5.41) is 0. The van der Waals surface area contributed by atoms with E-state index >= 15 is 0 Å². The number of rotatable bonds is 4. The maximum atomic E-state index is 14.6. The Morgan fingerprint density at radius 2 is 1.88 bits per heavy atom. The quantitative estimate of drug-likeness (QED) is 0.620. The molecule has 1 unspecified atom stereocenters. The predicted molar refractivity (Wildman–Crippen MR) is 92.1 cm³/mol. The predicted octanol–water partition coefficient (Wildman–Crippen LogP) is 3.58. The Hall–Kier alpha value is -2.57. The standard InChI is InChI=1S/C19H15FO4S/c1-2-16-18(14-9-8-12(10-15(14)20)11-25(22)23)17(19(21)24-16)13-6-4-3-5-7-13/h2-10H,11H2,1H3,(H,22,23)/p-1. The molecule has 0 saturated heterocycles. The van der Waals surface area contributed by atoms with Gasteiger partial charge in [-0.15, -0.1) is 0 Å². The largest absolute Gasteiger partial charge is 0.772 e. The molecule has 0 bridgehead atoms. The van der Waals surface area contributed by atoms with Crippen molar-refractivity contribution in [3.05, 3.63) is 82.9 Å². The van der Waals surface area contributed by atoms with E-state index in [1.807, 2.05) is 6.07 Å². The van der Waals surface area contributed by atoms with E-state index in [1.165, 1.54) is 12.1 Å². The van der Waals surface area contributed by atoms with E-state index in [0.29, 0.717) is 16.7 Å². The minimum absolute atomic E-state index is 0.193. The Balaban J connectivity index is 2.18. The van der Waals surface area contributed by atoms with Crippen molar-refractivity contribution in [1.29, 1.82) is 0 Å². The van der Waals surface area contributed by atoms with Crippen molar-refractivity contribution < 1.29 is 22.7 Å². The van der Waals surface area contributed by atoms with Crippen LogP contribution in [0.3, 0.4) is 0 Å². The second kappa shape index (κ2) is 7.13. The number of cyclic esters (lactones) is 1. The van der Waals surface area contributed by atoms with E-state index < -0.39 is 22.9 Å². The number of ether oxygens (including phenoxy) is 1. The summed E-state index contributed by atoms with van der Waals surface area (Å²) in [6, 6.07) is 13.1. The molecule has 1 heterocycles. The zero-order valence-electron chi connectivity index (χ0n) is 13.3. The van der Waals surface area contributed by atoms with Gasteiger partial charge >= 0.3 is 5.97 Å². The summed E-state index contributed by atoms with van der Waals surface area (Å²) in [7, 11) is 0. The first-order chi connectivity index (χ1) is 12.0. The number of carbonyl (C=O) groups is 1. The summed E-state index contributed by atoms with van der Waals surface area (Å²) in [6.45, 7) is 1.70. The molecule has 1 aliphatic heterocycles. The van der Waals surface area contributed by atoms with Gasteiger partial charge in [0.1, 0.15) is 11.6 Å². The van der Waals surface area contributed by atoms with Crippen molar-refractivity contribution in [3.8, 4) is 0 Å². The SMILES string of the molecule is CC=C1OC(=O)C(c2ccccc2)=C1c1ccc(CS(=O)[O-])cc1F. The van der Waals surface area contributed by atoms with E-state index in [4.69, 9.17) is 4.74 Å². The van der Waals surface area contributed by atoms with Gasteiger partial charge in [0, 0.05) is 16.9 Å². The van der Waals surface area contributed by atoms with E-state index in [0.717, 1.165) is 6.07 Å². The lowest BCUT2D eigenvalue weighted by molar-refractivity contribution is -0.131. The van der Waals surface area contributed by atoms with Gasteiger partial charge in [-0.3, -0.25) is 4.21 Å². The van der Waals surface area contributed by atoms with Crippen molar-refractivity contribution in [2.75, 3.05) is 0 Å². The number of hydrogen-bond acceptors (Lipinski definition) is 4. The minimum Gasteiger partial charge on any atom is -0.772 e. The smallest absolute Gasteiger partial charge is 0.344 e. The number of halogens is 1. The lowest BCUT2D eigenvalue weighted by atomic mass is 9.94. The second-order valence-corrected chi connectivity index (χ2v) is 6.32. The Morgan fingerprint density at radius 3 is 2.48 bits per heavy atom. The van der Waals surface area contributed by atoms with Gasteiger partial charge < -0.3 is 9.29 Å². The maximum absolute atomic E-state index is 14.6. The molecule has 0 spiro atoms. The van der Waals surface area contributed by atoms with Gasteiger partial charge in [0.25, 0.3) is 0 Å². The highest BCUT2D eigenvalue weighted by atomic mass is 32.2. The lowest BCUT2D eigenvalue weighted by Gasteiger charge is -2.10. The molecule has 0 radical (unpaired) electrons. The van der Waals surface area contributed by atoms with E-state index in [2.05, 4.69) is 0 Å². The summed E-state index contributed by atoms with van der Waals surface area (Å²) < 4.78 is 41.5. The average molecular weight is 357 g/mol. The molecule has 0 aromatic heterocycles. The van der Waals surface area contributed by atoms with Crippen molar-refractivity contribution in [3.63, 3.8) is 0 Å². The van der Waals surface area contributed by atoms with Gasteiger partial charge in [-0.25, -0.2) is 9.18 Å². The van der Waals surface area contributed by atoms with Crippen LogP contribution in [-0.2, 0) is 26.4 Å². The first-order valence-corrected chi connectivity index (χ1v) is 8.79. The van der Waals surface area contributed by atoms with E-state index in [-0.39, 0.29) is 22.6 Å². The Morgan fingerprint density at radius 1 is 1.16 bits per heavy atom. The monoisotopic (exact) mass is 357 g/mol. The molecule has 6 heteroatoms. The van der Waals surface area contributed by atoms with Crippen LogP contribution in [0.1, 0.15) is 23.6 Å². The lowest BCUT2D eigenvalue weighted by Crippen LogP contribution is -1.99. The molecule has 1 aliphatic rings. The van der Waals surface area contributed by atoms with Crippen molar-refractivity contribution >= 4 is 28.2 Å². The first-order valence-electron chi connectivity index (χ1n) is 7.54. The summed E-state index contributed by atoms with van der Waals surface area (Å²) in [4.78, 5) is 12.3. The van der Waals surface area contributed by atoms with Crippen LogP contribution in [0.25, 0.3) is 11.1 Å². The van der Waals surface area contributed by atoms with Gasteiger partial charge in [0.05, 0.1) is 5.57 Å². The van der Waals surface area contributed by atoms with Crippen LogP contribution in [0.2, 0.25) is 0 Å². The number of esters is 1. The molecule has 0 N–H and O–H groups in total. The number of carbonyl (C=O) groups excluding carboxylic acids is 1. The van der Waals surface area contributed by atoms with Crippen molar-refractivity contribution in [2.24, 2.45) is 0 Å². The topological polar surface area (TPSA) is 66.4 Å². The Kier molecular flexibility index (Phi) is 4.92.